The Morgan fingerprint density at radius 3 is 2.38 bits per heavy atom. The van der Waals surface area contributed by atoms with Crippen molar-refractivity contribution < 1.29 is 9.53 Å². The minimum atomic E-state index is -0.310. The third-order valence-corrected chi connectivity index (χ3v) is 3.65. The van der Waals surface area contributed by atoms with Crippen LogP contribution in [0.2, 0.25) is 0 Å². The molecule has 5 nitrogen and oxygen atoms in total. The van der Waals surface area contributed by atoms with Crippen LogP contribution in [0.3, 0.4) is 0 Å². The molecule has 1 saturated heterocycles. The van der Waals surface area contributed by atoms with Gasteiger partial charge in [0.25, 0.3) is 0 Å². The number of halogens is 2. The van der Waals surface area contributed by atoms with Crippen molar-refractivity contribution in [2.75, 3.05) is 27.2 Å². The number of nitrogens with one attached hydrogen (secondary N) is 1. The van der Waals surface area contributed by atoms with Gasteiger partial charge in [-0.15, -0.1) is 24.8 Å². The lowest BCUT2D eigenvalue weighted by atomic mass is 10.0. The van der Waals surface area contributed by atoms with E-state index >= 15 is 0 Å². The highest BCUT2D eigenvalue weighted by Crippen LogP contribution is 2.19. The molecule has 1 heterocycles. The van der Waals surface area contributed by atoms with E-state index in [0.717, 1.165) is 19.3 Å². The molecule has 0 spiro atoms. The normalized spacial score (nSPS) is 22.6. The van der Waals surface area contributed by atoms with Crippen molar-refractivity contribution in [3.05, 3.63) is 0 Å². The van der Waals surface area contributed by atoms with E-state index in [1.165, 1.54) is 0 Å². The predicted molar refractivity (Wildman–Crippen MR) is 91.4 cm³/mol. The maximum absolute atomic E-state index is 12.0. The smallest absolute Gasteiger partial charge is 0.249 e. The number of rotatable bonds is 7. The second-order valence-electron chi connectivity index (χ2n) is 6.05. The predicted octanol–water partition coefficient (Wildman–Crippen LogP) is 1.43. The van der Waals surface area contributed by atoms with Crippen LogP contribution in [0.15, 0.2) is 0 Å². The van der Waals surface area contributed by atoms with Crippen LogP contribution in [0.1, 0.15) is 33.1 Å². The number of nitrogens with two attached hydrogens (primary N) is 1. The van der Waals surface area contributed by atoms with Gasteiger partial charge in [0.05, 0.1) is 6.10 Å². The summed E-state index contributed by atoms with van der Waals surface area (Å²) in [6.07, 6.45) is 2.48. The first-order valence-corrected chi connectivity index (χ1v) is 7.23. The summed E-state index contributed by atoms with van der Waals surface area (Å²) in [6, 6.07) is 0.371. The Labute approximate surface area is 141 Å². The van der Waals surface area contributed by atoms with Gasteiger partial charge in [-0.1, -0.05) is 13.8 Å². The summed E-state index contributed by atoms with van der Waals surface area (Å²) in [6.45, 7) is 5.57. The highest BCUT2D eigenvalue weighted by molar-refractivity contribution is 5.85. The standard InChI is InChI=1S/C14H29N3O2.2ClH/c1-10(2)7-11(17(3)4)9-16-14(18)13-6-5-12(8-15)19-13;;/h10-13H,5-9,15H2,1-4H3,(H,16,18);2*1H/t11?,12-,13+;;/m1../s1. The molecule has 0 radical (unpaired) electrons. The van der Waals surface area contributed by atoms with Gasteiger partial charge in [0.15, 0.2) is 0 Å². The third kappa shape index (κ3) is 8.21. The van der Waals surface area contributed by atoms with Crippen molar-refractivity contribution in [3.63, 3.8) is 0 Å². The van der Waals surface area contributed by atoms with Crippen LogP contribution in [-0.2, 0) is 9.53 Å². The van der Waals surface area contributed by atoms with E-state index in [-0.39, 0.29) is 42.9 Å². The summed E-state index contributed by atoms with van der Waals surface area (Å²) in [5, 5.41) is 3.01. The molecule has 1 amide bonds. The highest BCUT2D eigenvalue weighted by Gasteiger charge is 2.30. The lowest BCUT2D eigenvalue weighted by Crippen LogP contribution is -2.44. The molecular formula is C14H31Cl2N3O2. The molecule has 0 aliphatic carbocycles. The molecule has 0 bridgehead atoms. The largest absolute Gasteiger partial charge is 0.364 e. The zero-order chi connectivity index (χ0) is 14.4. The van der Waals surface area contributed by atoms with Crippen LogP contribution >= 0.6 is 24.8 Å². The van der Waals surface area contributed by atoms with E-state index in [4.69, 9.17) is 10.5 Å². The van der Waals surface area contributed by atoms with Crippen molar-refractivity contribution in [2.24, 2.45) is 11.7 Å². The number of carbonyl (C=O) groups is 1. The molecule has 0 aromatic heterocycles. The molecule has 3 atom stereocenters. The Bertz CT molecular complexity index is 291. The van der Waals surface area contributed by atoms with Gasteiger partial charge < -0.3 is 20.7 Å². The second-order valence-corrected chi connectivity index (χ2v) is 6.05. The fourth-order valence-corrected chi connectivity index (χ4v) is 2.43. The van der Waals surface area contributed by atoms with Crippen LogP contribution in [-0.4, -0.2) is 56.2 Å². The Kier molecular flexibility index (Phi) is 12.7. The molecule has 128 valence electrons. The summed E-state index contributed by atoms with van der Waals surface area (Å²) >= 11 is 0. The van der Waals surface area contributed by atoms with Gasteiger partial charge in [0.1, 0.15) is 6.10 Å². The first-order chi connectivity index (χ1) is 8.93. The van der Waals surface area contributed by atoms with E-state index in [9.17, 15) is 4.79 Å². The van der Waals surface area contributed by atoms with Gasteiger partial charge in [-0.25, -0.2) is 0 Å². The average Bonchev–Trinajstić information content (AvgIpc) is 2.82. The number of ether oxygens (including phenoxy) is 1. The van der Waals surface area contributed by atoms with Crippen molar-refractivity contribution in [3.8, 4) is 0 Å². The van der Waals surface area contributed by atoms with Crippen molar-refractivity contribution in [1.82, 2.24) is 10.2 Å². The number of carbonyl (C=O) groups excluding carboxylic acids is 1. The lowest BCUT2D eigenvalue weighted by Gasteiger charge is -2.26. The topological polar surface area (TPSA) is 67.6 Å². The van der Waals surface area contributed by atoms with Gasteiger partial charge in [-0.2, -0.15) is 0 Å². The fraction of sp³-hybridized carbons (Fsp3) is 0.929. The van der Waals surface area contributed by atoms with E-state index in [2.05, 4.69) is 38.2 Å². The van der Waals surface area contributed by atoms with E-state index in [1.807, 2.05) is 0 Å². The number of likely N-dealkylation sites (N-methyl/N-ethyl adjacent to an activating group) is 1. The van der Waals surface area contributed by atoms with E-state index in [0.29, 0.717) is 25.0 Å². The minimum absolute atomic E-state index is 0. The molecule has 1 aliphatic rings. The maximum atomic E-state index is 12.0. The number of hydrogen-bond donors (Lipinski definition) is 2. The van der Waals surface area contributed by atoms with Crippen LogP contribution in [0.5, 0.6) is 0 Å². The molecule has 0 aromatic carbocycles. The molecule has 1 unspecified atom stereocenters. The molecule has 0 saturated carbocycles. The molecule has 21 heavy (non-hydrogen) atoms. The first kappa shape index (κ1) is 23.2. The van der Waals surface area contributed by atoms with Crippen molar-refractivity contribution in [2.45, 2.75) is 51.4 Å². The maximum Gasteiger partial charge on any atom is 0.249 e. The van der Waals surface area contributed by atoms with Gasteiger partial charge in [-0.3, -0.25) is 4.79 Å². The first-order valence-electron chi connectivity index (χ1n) is 7.23. The lowest BCUT2D eigenvalue weighted by molar-refractivity contribution is -0.132. The van der Waals surface area contributed by atoms with Crippen LogP contribution in [0, 0.1) is 5.92 Å². The summed E-state index contributed by atoms with van der Waals surface area (Å²) in [4.78, 5) is 14.2. The van der Waals surface area contributed by atoms with E-state index < -0.39 is 0 Å². The average molecular weight is 344 g/mol. The van der Waals surface area contributed by atoms with Crippen molar-refractivity contribution in [1.29, 1.82) is 0 Å². The highest BCUT2D eigenvalue weighted by atomic mass is 35.5. The number of hydrogen-bond acceptors (Lipinski definition) is 4. The van der Waals surface area contributed by atoms with Crippen molar-refractivity contribution >= 4 is 30.7 Å². The van der Waals surface area contributed by atoms with Crippen LogP contribution in [0.25, 0.3) is 0 Å². The molecule has 0 aromatic rings. The summed E-state index contributed by atoms with van der Waals surface area (Å²) in [7, 11) is 4.10. The quantitative estimate of drug-likeness (QED) is 0.733. The second kappa shape index (κ2) is 11.5. The zero-order valence-corrected chi connectivity index (χ0v) is 15.1. The Morgan fingerprint density at radius 2 is 1.95 bits per heavy atom. The molecule has 1 fully saturated rings. The number of amides is 1. The molecule has 1 aliphatic heterocycles. The Hall–Kier alpha value is -0.0700. The minimum Gasteiger partial charge on any atom is -0.364 e. The Morgan fingerprint density at radius 1 is 1.33 bits per heavy atom. The van der Waals surface area contributed by atoms with Gasteiger partial charge in [0, 0.05) is 19.1 Å². The van der Waals surface area contributed by atoms with E-state index in [1.54, 1.807) is 0 Å². The van der Waals surface area contributed by atoms with Crippen LogP contribution < -0.4 is 11.1 Å². The molecule has 3 N–H and O–H groups in total. The van der Waals surface area contributed by atoms with Gasteiger partial charge in [0.2, 0.25) is 5.91 Å². The Balaban J connectivity index is 0. The fourth-order valence-electron chi connectivity index (χ4n) is 2.43. The summed E-state index contributed by atoms with van der Waals surface area (Å²) < 4.78 is 5.60. The molecule has 7 heteroatoms. The summed E-state index contributed by atoms with van der Waals surface area (Å²) in [5.41, 5.74) is 5.55. The zero-order valence-electron chi connectivity index (χ0n) is 13.5. The van der Waals surface area contributed by atoms with Gasteiger partial charge in [-0.05, 0) is 39.3 Å². The molecular weight excluding hydrogens is 313 g/mol. The third-order valence-electron chi connectivity index (χ3n) is 3.65. The molecule has 1 rings (SSSR count). The van der Waals surface area contributed by atoms with Crippen LogP contribution in [0.4, 0.5) is 0 Å². The van der Waals surface area contributed by atoms with Gasteiger partial charge >= 0.3 is 0 Å². The monoisotopic (exact) mass is 343 g/mol. The number of nitrogens with zero attached hydrogens (tertiary/aromatic N) is 1. The summed E-state index contributed by atoms with van der Waals surface area (Å²) in [5.74, 6) is 0.625. The SMILES string of the molecule is CC(C)CC(CNC(=O)[C@@H]1CC[C@H](CN)O1)N(C)C.Cl.Cl.